The number of ether oxygens (including phenoxy) is 1. The first-order valence-corrected chi connectivity index (χ1v) is 10.3. The molecule has 3 rings (SSSR count). The maximum atomic E-state index is 12.7. The maximum Gasteiger partial charge on any atom is 0.236 e. The van der Waals surface area contributed by atoms with Crippen molar-refractivity contribution in [2.75, 3.05) is 20.2 Å². The lowest BCUT2D eigenvalue weighted by atomic mass is 10.1. The van der Waals surface area contributed by atoms with E-state index in [9.17, 15) is 9.59 Å². The summed E-state index contributed by atoms with van der Waals surface area (Å²) in [4.78, 5) is 29.1. The lowest BCUT2D eigenvalue weighted by Gasteiger charge is -2.31. The van der Waals surface area contributed by atoms with E-state index in [0.29, 0.717) is 13.1 Å². The Labute approximate surface area is 160 Å². The van der Waals surface area contributed by atoms with E-state index in [1.807, 2.05) is 54.8 Å². The van der Waals surface area contributed by atoms with Gasteiger partial charge in [0.1, 0.15) is 11.1 Å². The molecule has 5 nitrogen and oxygen atoms in total. The molecule has 1 aromatic carbocycles. The Morgan fingerprint density at radius 2 is 2.04 bits per heavy atom. The molecule has 2 atom stereocenters. The number of hydrogen-bond donors (Lipinski definition) is 0. The Kier molecular flexibility index (Phi) is 5.80. The van der Waals surface area contributed by atoms with Crippen molar-refractivity contribution in [2.45, 2.75) is 50.3 Å². The molecule has 0 radical (unpaired) electrons. The van der Waals surface area contributed by atoms with E-state index in [2.05, 4.69) is 0 Å². The molecule has 1 saturated carbocycles. The standard InChI is InChI=1S/C20H28N2O3S/c1-13(2)21(19(24)15-9-10-15)11-12-22-18(23)14(3)26-20(22)16-7-5-6-8-17(16)25-4/h5-8,13-15,20H,9-12H2,1-4H3/t14-,20-/m0/s1. The predicted octanol–water partition coefficient (Wildman–Crippen LogP) is 3.30. The van der Waals surface area contributed by atoms with E-state index >= 15 is 0 Å². The number of nitrogens with zero attached hydrogens (tertiary/aromatic N) is 2. The normalized spacial score (nSPS) is 22.8. The summed E-state index contributed by atoms with van der Waals surface area (Å²) < 4.78 is 5.50. The number of para-hydroxylation sites is 1. The van der Waals surface area contributed by atoms with Gasteiger partial charge in [-0.2, -0.15) is 0 Å². The van der Waals surface area contributed by atoms with Crippen LogP contribution in [0.4, 0.5) is 0 Å². The van der Waals surface area contributed by atoms with Gasteiger partial charge >= 0.3 is 0 Å². The van der Waals surface area contributed by atoms with Gasteiger partial charge in [-0.3, -0.25) is 9.59 Å². The molecule has 6 heteroatoms. The summed E-state index contributed by atoms with van der Waals surface area (Å²) in [5.74, 6) is 1.37. The molecule has 0 N–H and O–H groups in total. The number of carbonyl (C=O) groups is 2. The van der Waals surface area contributed by atoms with Crippen molar-refractivity contribution in [1.29, 1.82) is 0 Å². The van der Waals surface area contributed by atoms with Crippen LogP contribution in [0.5, 0.6) is 5.75 Å². The van der Waals surface area contributed by atoms with E-state index in [1.165, 1.54) is 0 Å². The molecule has 1 aliphatic carbocycles. The number of rotatable bonds is 7. The molecule has 26 heavy (non-hydrogen) atoms. The minimum Gasteiger partial charge on any atom is -0.496 e. The Morgan fingerprint density at radius 1 is 1.35 bits per heavy atom. The van der Waals surface area contributed by atoms with Crippen molar-refractivity contribution in [1.82, 2.24) is 9.80 Å². The van der Waals surface area contributed by atoms with Crippen molar-refractivity contribution in [3.05, 3.63) is 29.8 Å². The number of thioether (sulfide) groups is 1. The number of benzene rings is 1. The molecule has 142 valence electrons. The Bertz CT molecular complexity index is 675. The van der Waals surface area contributed by atoms with Crippen LogP contribution < -0.4 is 4.74 Å². The Balaban J connectivity index is 1.77. The summed E-state index contributed by atoms with van der Waals surface area (Å²) in [6.07, 6.45) is 2.00. The van der Waals surface area contributed by atoms with Crippen LogP contribution in [-0.4, -0.2) is 53.1 Å². The summed E-state index contributed by atoms with van der Waals surface area (Å²) in [6.45, 7) is 7.17. The average molecular weight is 377 g/mol. The van der Waals surface area contributed by atoms with Crippen LogP contribution in [0.15, 0.2) is 24.3 Å². The molecule has 2 fully saturated rings. The van der Waals surface area contributed by atoms with Gasteiger partial charge < -0.3 is 14.5 Å². The lowest BCUT2D eigenvalue weighted by Crippen LogP contribution is -2.44. The van der Waals surface area contributed by atoms with Gasteiger partial charge in [-0.05, 0) is 39.7 Å². The van der Waals surface area contributed by atoms with Crippen molar-refractivity contribution in [3.63, 3.8) is 0 Å². The number of methoxy groups -OCH3 is 1. The van der Waals surface area contributed by atoms with Crippen molar-refractivity contribution < 1.29 is 14.3 Å². The Morgan fingerprint density at radius 3 is 2.65 bits per heavy atom. The fraction of sp³-hybridized carbons (Fsp3) is 0.600. The average Bonchev–Trinajstić information content (AvgIpc) is 3.43. The highest BCUT2D eigenvalue weighted by atomic mass is 32.2. The maximum absolute atomic E-state index is 12.7. The molecule has 2 amide bonds. The third kappa shape index (κ3) is 3.85. The van der Waals surface area contributed by atoms with Crippen LogP contribution in [0.2, 0.25) is 0 Å². The first-order chi connectivity index (χ1) is 12.4. The van der Waals surface area contributed by atoms with Gasteiger partial charge in [0.05, 0.1) is 12.4 Å². The van der Waals surface area contributed by atoms with Crippen LogP contribution in [0.1, 0.15) is 44.6 Å². The summed E-state index contributed by atoms with van der Waals surface area (Å²) in [7, 11) is 1.66. The highest BCUT2D eigenvalue weighted by Crippen LogP contribution is 2.45. The summed E-state index contributed by atoms with van der Waals surface area (Å²) in [5.41, 5.74) is 1.02. The summed E-state index contributed by atoms with van der Waals surface area (Å²) in [6, 6.07) is 8.01. The zero-order valence-electron chi connectivity index (χ0n) is 16.0. The van der Waals surface area contributed by atoms with Gasteiger partial charge in [0, 0.05) is 30.6 Å². The number of carbonyl (C=O) groups excluding carboxylic acids is 2. The third-order valence-electron chi connectivity index (χ3n) is 5.07. The molecule has 1 heterocycles. The molecule has 1 aliphatic heterocycles. The van der Waals surface area contributed by atoms with Crippen LogP contribution in [0, 0.1) is 5.92 Å². The zero-order valence-corrected chi connectivity index (χ0v) is 16.8. The largest absolute Gasteiger partial charge is 0.496 e. The van der Waals surface area contributed by atoms with Gasteiger partial charge in [-0.1, -0.05) is 18.2 Å². The fourth-order valence-corrected chi connectivity index (χ4v) is 4.75. The second-order valence-corrected chi connectivity index (χ2v) is 8.73. The molecule has 1 aromatic rings. The molecule has 0 unspecified atom stereocenters. The highest BCUT2D eigenvalue weighted by molar-refractivity contribution is 8.01. The van der Waals surface area contributed by atoms with Crippen LogP contribution in [-0.2, 0) is 9.59 Å². The SMILES string of the molecule is COc1ccccc1[C@@H]1S[C@@H](C)C(=O)N1CCN(C(=O)C1CC1)C(C)C. The first-order valence-electron chi connectivity index (χ1n) is 9.33. The van der Waals surface area contributed by atoms with E-state index < -0.39 is 0 Å². The van der Waals surface area contributed by atoms with Crippen LogP contribution in [0.25, 0.3) is 0 Å². The molecule has 2 aliphatic rings. The van der Waals surface area contributed by atoms with E-state index in [1.54, 1.807) is 18.9 Å². The van der Waals surface area contributed by atoms with Crippen molar-refractivity contribution >= 4 is 23.6 Å². The molecular formula is C20H28N2O3S. The summed E-state index contributed by atoms with van der Waals surface area (Å²) >= 11 is 1.64. The third-order valence-corrected chi connectivity index (χ3v) is 6.44. The highest BCUT2D eigenvalue weighted by Gasteiger charge is 2.40. The molecule has 0 bridgehead atoms. The van der Waals surface area contributed by atoms with Gasteiger partial charge in [0.15, 0.2) is 0 Å². The zero-order chi connectivity index (χ0) is 18.8. The van der Waals surface area contributed by atoms with E-state index in [0.717, 1.165) is 24.2 Å². The number of hydrogen-bond acceptors (Lipinski definition) is 4. The van der Waals surface area contributed by atoms with Crippen molar-refractivity contribution in [2.24, 2.45) is 5.92 Å². The minimum atomic E-state index is -0.0865. The smallest absolute Gasteiger partial charge is 0.236 e. The van der Waals surface area contributed by atoms with Gasteiger partial charge in [-0.15, -0.1) is 11.8 Å². The van der Waals surface area contributed by atoms with Gasteiger partial charge in [-0.25, -0.2) is 0 Å². The van der Waals surface area contributed by atoms with E-state index in [4.69, 9.17) is 4.74 Å². The lowest BCUT2D eigenvalue weighted by molar-refractivity contribution is -0.136. The quantitative estimate of drug-likeness (QED) is 0.733. The van der Waals surface area contributed by atoms with Crippen molar-refractivity contribution in [3.8, 4) is 5.75 Å². The fourth-order valence-electron chi connectivity index (χ4n) is 3.42. The van der Waals surface area contributed by atoms with Gasteiger partial charge in [0.25, 0.3) is 0 Å². The minimum absolute atomic E-state index is 0.0707. The topological polar surface area (TPSA) is 49.9 Å². The molecular weight excluding hydrogens is 348 g/mol. The molecule has 0 spiro atoms. The second kappa shape index (κ2) is 7.91. The monoisotopic (exact) mass is 376 g/mol. The number of amides is 2. The Hall–Kier alpha value is -1.69. The van der Waals surface area contributed by atoms with E-state index in [-0.39, 0.29) is 34.4 Å². The van der Waals surface area contributed by atoms with Crippen LogP contribution >= 0.6 is 11.8 Å². The van der Waals surface area contributed by atoms with Gasteiger partial charge in [0.2, 0.25) is 11.8 Å². The van der Waals surface area contributed by atoms with Crippen LogP contribution in [0.3, 0.4) is 0 Å². The summed E-state index contributed by atoms with van der Waals surface area (Å²) in [5, 5.41) is -0.157. The molecule has 1 saturated heterocycles. The predicted molar refractivity (Wildman–Crippen MR) is 104 cm³/mol. The second-order valence-electron chi connectivity index (χ2n) is 7.30. The first kappa shape index (κ1) is 19.1. The molecule has 0 aromatic heterocycles.